The molecule has 16 heavy (non-hydrogen) atoms. The van der Waals surface area contributed by atoms with Crippen molar-refractivity contribution in [3.05, 3.63) is 0 Å². The summed E-state index contributed by atoms with van der Waals surface area (Å²) in [7, 11) is 3.87. The van der Waals surface area contributed by atoms with Crippen LogP contribution in [0.15, 0.2) is 0 Å². The van der Waals surface area contributed by atoms with Crippen LogP contribution >= 0.6 is 0 Å². The minimum atomic E-state index is -0.212. The van der Waals surface area contributed by atoms with Crippen LogP contribution in [0.2, 0.25) is 0 Å². The van der Waals surface area contributed by atoms with Crippen molar-refractivity contribution in [2.45, 2.75) is 26.2 Å². The van der Waals surface area contributed by atoms with Crippen LogP contribution in [-0.4, -0.2) is 50.4 Å². The van der Waals surface area contributed by atoms with E-state index in [0.717, 1.165) is 19.4 Å². The van der Waals surface area contributed by atoms with Gasteiger partial charge in [-0.25, -0.2) is 0 Å². The average molecular weight is 229 g/mol. The Bertz CT molecular complexity index is 217. The van der Waals surface area contributed by atoms with Gasteiger partial charge in [-0.2, -0.15) is 0 Å². The second-order valence-electron chi connectivity index (χ2n) is 4.03. The number of likely N-dealkylation sites (N-methyl/N-ethyl adjacent to an activating group) is 1. The first-order chi connectivity index (χ1) is 7.56. The molecule has 0 atom stereocenters. The van der Waals surface area contributed by atoms with Crippen LogP contribution in [0, 0.1) is 0 Å². The average Bonchev–Trinajstić information content (AvgIpc) is 2.17. The topological polar surface area (TPSA) is 61.4 Å². The summed E-state index contributed by atoms with van der Waals surface area (Å²) in [4.78, 5) is 24.5. The maximum atomic E-state index is 11.3. The lowest BCUT2D eigenvalue weighted by molar-refractivity contribution is -0.129. The normalized spacial score (nSPS) is 10.2. The summed E-state index contributed by atoms with van der Waals surface area (Å²) in [5.41, 5.74) is 0. The fraction of sp³-hybridized carbons (Fsp3) is 0.818. The number of carbonyl (C=O) groups excluding carboxylic acids is 2. The highest BCUT2D eigenvalue weighted by Crippen LogP contribution is 1.85. The van der Waals surface area contributed by atoms with Gasteiger partial charge in [-0.1, -0.05) is 13.3 Å². The molecule has 0 spiro atoms. The molecule has 94 valence electrons. The predicted molar refractivity (Wildman–Crippen MR) is 64.1 cm³/mol. The van der Waals surface area contributed by atoms with Gasteiger partial charge in [0.25, 0.3) is 0 Å². The SMILES string of the molecule is CCCCNC(=O)CC(=O)NCCN(C)C. The van der Waals surface area contributed by atoms with E-state index in [1.54, 1.807) is 0 Å². The fourth-order valence-electron chi connectivity index (χ4n) is 1.09. The molecule has 0 bridgehead atoms. The van der Waals surface area contributed by atoms with Crippen molar-refractivity contribution in [2.24, 2.45) is 0 Å². The van der Waals surface area contributed by atoms with Gasteiger partial charge in [-0.05, 0) is 20.5 Å². The van der Waals surface area contributed by atoms with E-state index in [1.807, 2.05) is 19.0 Å². The molecule has 0 fully saturated rings. The molecule has 2 N–H and O–H groups in total. The summed E-state index contributed by atoms with van der Waals surface area (Å²) in [6.45, 7) is 4.07. The summed E-state index contributed by atoms with van der Waals surface area (Å²) in [6.07, 6.45) is 1.92. The summed E-state index contributed by atoms with van der Waals surface area (Å²) < 4.78 is 0. The second kappa shape index (κ2) is 9.15. The monoisotopic (exact) mass is 229 g/mol. The minimum Gasteiger partial charge on any atom is -0.356 e. The highest BCUT2D eigenvalue weighted by molar-refractivity contribution is 5.96. The molecule has 0 saturated heterocycles. The van der Waals surface area contributed by atoms with Crippen LogP contribution in [-0.2, 0) is 9.59 Å². The fourth-order valence-corrected chi connectivity index (χ4v) is 1.09. The molecule has 0 aliphatic rings. The number of nitrogens with one attached hydrogen (secondary N) is 2. The minimum absolute atomic E-state index is 0.0723. The Morgan fingerprint density at radius 2 is 1.62 bits per heavy atom. The van der Waals surface area contributed by atoms with Crippen molar-refractivity contribution in [1.29, 1.82) is 0 Å². The molecule has 0 aromatic heterocycles. The zero-order valence-corrected chi connectivity index (χ0v) is 10.5. The molecule has 0 aliphatic carbocycles. The van der Waals surface area contributed by atoms with Crippen LogP contribution in [0.4, 0.5) is 0 Å². The van der Waals surface area contributed by atoms with Crippen LogP contribution in [0.25, 0.3) is 0 Å². The molecule has 0 aromatic carbocycles. The van der Waals surface area contributed by atoms with Crippen molar-refractivity contribution in [2.75, 3.05) is 33.7 Å². The van der Waals surface area contributed by atoms with Gasteiger partial charge in [0.1, 0.15) is 6.42 Å². The first-order valence-electron chi connectivity index (χ1n) is 5.74. The van der Waals surface area contributed by atoms with Gasteiger partial charge in [-0.15, -0.1) is 0 Å². The molecule has 0 saturated carbocycles. The number of amides is 2. The molecule has 0 rings (SSSR count). The highest BCUT2D eigenvalue weighted by atomic mass is 16.2. The van der Waals surface area contributed by atoms with Gasteiger partial charge in [0.2, 0.25) is 11.8 Å². The van der Waals surface area contributed by atoms with E-state index < -0.39 is 0 Å². The van der Waals surface area contributed by atoms with Gasteiger partial charge in [0.05, 0.1) is 0 Å². The zero-order chi connectivity index (χ0) is 12.4. The highest BCUT2D eigenvalue weighted by Gasteiger charge is 2.07. The lowest BCUT2D eigenvalue weighted by Crippen LogP contribution is -2.35. The van der Waals surface area contributed by atoms with Crippen molar-refractivity contribution >= 4 is 11.8 Å². The van der Waals surface area contributed by atoms with Gasteiger partial charge in [0, 0.05) is 19.6 Å². The molecule has 5 nitrogen and oxygen atoms in total. The quantitative estimate of drug-likeness (QED) is 0.454. The van der Waals surface area contributed by atoms with E-state index in [9.17, 15) is 9.59 Å². The lowest BCUT2D eigenvalue weighted by Gasteiger charge is -2.10. The van der Waals surface area contributed by atoms with E-state index in [4.69, 9.17) is 0 Å². The standard InChI is InChI=1S/C11H23N3O2/c1-4-5-6-12-10(15)9-11(16)13-7-8-14(2)3/h4-9H2,1-3H3,(H,12,15)(H,13,16). The molecular weight excluding hydrogens is 206 g/mol. The number of nitrogens with zero attached hydrogens (tertiary/aromatic N) is 1. The Balaban J connectivity index is 3.50. The van der Waals surface area contributed by atoms with Crippen molar-refractivity contribution in [3.8, 4) is 0 Å². The van der Waals surface area contributed by atoms with Crippen LogP contribution in [0.1, 0.15) is 26.2 Å². The maximum absolute atomic E-state index is 11.3. The largest absolute Gasteiger partial charge is 0.356 e. The van der Waals surface area contributed by atoms with Gasteiger partial charge in [0.15, 0.2) is 0 Å². The maximum Gasteiger partial charge on any atom is 0.229 e. The molecular formula is C11H23N3O2. The lowest BCUT2D eigenvalue weighted by atomic mass is 10.3. The summed E-state index contributed by atoms with van der Waals surface area (Å²) in [6, 6.07) is 0. The number of unbranched alkanes of at least 4 members (excludes halogenated alkanes) is 1. The Labute approximate surface area is 97.6 Å². The molecule has 0 aromatic rings. The third kappa shape index (κ3) is 9.45. The molecule has 0 radical (unpaired) electrons. The second-order valence-corrected chi connectivity index (χ2v) is 4.03. The van der Waals surface area contributed by atoms with Crippen molar-refractivity contribution < 1.29 is 9.59 Å². The van der Waals surface area contributed by atoms with E-state index in [0.29, 0.717) is 13.1 Å². The third-order valence-corrected chi connectivity index (χ3v) is 2.05. The Hall–Kier alpha value is -1.10. The van der Waals surface area contributed by atoms with E-state index in [-0.39, 0.29) is 18.2 Å². The molecule has 2 amide bonds. The number of carbonyl (C=O) groups is 2. The molecule has 5 heteroatoms. The summed E-state index contributed by atoms with van der Waals surface area (Å²) in [5.74, 6) is -0.411. The number of rotatable bonds is 8. The van der Waals surface area contributed by atoms with E-state index in [1.165, 1.54) is 0 Å². The van der Waals surface area contributed by atoms with E-state index in [2.05, 4.69) is 17.6 Å². The molecule has 0 aliphatic heterocycles. The van der Waals surface area contributed by atoms with Gasteiger partial charge >= 0.3 is 0 Å². The molecule has 0 unspecified atom stereocenters. The Kier molecular flexibility index (Phi) is 8.52. The first-order valence-corrected chi connectivity index (χ1v) is 5.74. The van der Waals surface area contributed by atoms with E-state index >= 15 is 0 Å². The van der Waals surface area contributed by atoms with Crippen molar-refractivity contribution in [1.82, 2.24) is 15.5 Å². The van der Waals surface area contributed by atoms with Gasteiger partial charge < -0.3 is 15.5 Å². The third-order valence-electron chi connectivity index (χ3n) is 2.05. The summed E-state index contributed by atoms with van der Waals surface area (Å²) in [5, 5.41) is 5.40. The molecule has 0 heterocycles. The van der Waals surface area contributed by atoms with Gasteiger partial charge in [-0.3, -0.25) is 9.59 Å². The zero-order valence-electron chi connectivity index (χ0n) is 10.5. The Morgan fingerprint density at radius 3 is 2.12 bits per heavy atom. The van der Waals surface area contributed by atoms with Crippen LogP contribution < -0.4 is 10.6 Å². The van der Waals surface area contributed by atoms with Crippen molar-refractivity contribution in [3.63, 3.8) is 0 Å². The van der Waals surface area contributed by atoms with Crippen LogP contribution in [0.3, 0.4) is 0 Å². The smallest absolute Gasteiger partial charge is 0.229 e. The Morgan fingerprint density at radius 1 is 1.06 bits per heavy atom. The predicted octanol–water partition coefficient (Wildman–Crippen LogP) is -0.0294. The first kappa shape index (κ1) is 14.9. The summed E-state index contributed by atoms with van der Waals surface area (Å²) >= 11 is 0. The number of hydrogen-bond donors (Lipinski definition) is 2. The number of hydrogen-bond acceptors (Lipinski definition) is 3. The van der Waals surface area contributed by atoms with Crippen LogP contribution in [0.5, 0.6) is 0 Å².